The number of rotatable bonds is 13. The van der Waals surface area contributed by atoms with Crippen LogP contribution in [0, 0.1) is 23.2 Å². The van der Waals surface area contributed by atoms with Crippen molar-refractivity contribution < 1.29 is 28.7 Å². The second kappa shape index (κ2) is 18.7. The van der Waals surface area contributed by atoms with Crippen molar-refractivity contribution in [1.82, 2.24) is 40.4 Å². The maximum absolute atomic E-state index is 14.7. The number of carbonyl (C=O) groups excluding carboxylic acids is 4. The quantitative estimate of drug-likeness (QED) is 0.0885. The number of hydrogen-bond donors (Lipinski definition) is 4. The third-order valence-corrected chi connectivity index (χ3v) is 16.0. The van der Waals surface area contributed by atoms with Gasteiger partial charge in [-0.2, -0.15) is 0 Å². The van der Waals surface area contributed by atoms with Crippen LogP contribution in [-0.2, 0) is 19.1 Å². The number of nitrogens with one attached hydrogen (secondary N) is 4. The summed E-state index contributed by atoms with van der Waals surface area (Å²) < 4.78 is 10.5. The van der Waals surface area contributed by atoms with Crippen molar-refractivity contribution >= 4 is 34.8 Å². The average Bonchev–Trinajstić information content (AvgIpc) is 4.15. The van der Waals surface area contributed by atoms with Crippen LogP contribution < -0.4 is 10.6 Å². The molecule has 2 saturated heterocycles. The second-order valence-electron chi connectivity index (χ2n) is 20.9. The maximum atomic E-state index is 14.7. The van der Waals surface area contributed by atoms with Crippen molar-refractivity contribution in [2.24, 2.45) is 23.2 Å². The fourth-order valence-corrected chi connectivity index (χ4v) is 11.9. The van der Waals surface area contributed by atoms with E-state index >= 15 is 0 Å². The van der Waals surface area contributed by atoms with E-state index in [1.807, 2.05) is 66.4 Å². The smallest absolute Gasteiger partial charge is 0.408 e. The number of methoxy groups -OCH3 is 1. The van der Waals surface area contributed by atoms with E-state index in [2.05, 4.69) is 81.3 Å². The van der Waals surface area contributed by atoms with Crippen molar-refractivity contribution in [3.63, 3.8) is 0 Å². The minimum atomic E-state index is -0.866. The van der Waals surface area contributed by atoms with Crippen LogP contribution in [0.25, 0.3) is 44.4 Å². The van der Waals surface area contributed by atoms with Crippen LogP contribution in [0.1, 0.15) is 113 Å². The van der Waals surface area contributed by atoms with Gasteiger partial charge in [-0.3, -0.25) is 9.59 Å². The minimum absolute atomic E-state index is 0.0779. The zero-order valence-corrected chi connectivity index (χ0v) is 40.2. The molecule has 4 N–H and O–H groups in total. The normalized spacial score (nSPS) is 22.2. The van der Waals surface area contributed by atoms with Crippen LogP contribution in [0.3, 0.4) is 0 Å². The summed E-state index contributed by atoms with van der Waals surface area (Å²) in [5.41, 5.74) is 6.80. The van der Waals surface area contributed by atoms with Crippen LogP contribution in [0.2, 0.25) is 0 Å². The molecule has 6 aromatic rings. The Kier molecular flexibility index (Phi) is 12.2. The Morgan fingerprint density at radius 1 is 0.743 bits per heavy atom. The van der Waals surface area contributed by atoms with Gasteiger partial charge in [0.15, 0.2) is 0 Å². The Morgan fingerprint density at radius 3 is 2.11 bits per heavy atom. The van der Waals surface area contributed by atoms with Crippen molar-refractivity contribution in [3.05, 3.63) is 121 Å². The fourth-order valence-electron chi connectivity index (χ4n) is 11.9. The molecule has 1 spiro atoms. The van der Waals surface area contributed by atoms with E-state index in [1.165, 1.54) is 20.0 Å². The summed E-state index contributed by atoms with van der Waals surface area (Å²) in [6, 6.07) is 29.0. The van der Waals surface area contributed by atoms with Crippen molar-refractivity contribution in [3.8, 4) is 33.6 Å². The number of nitrogens with zero attached hydrogens (tertiary/aromatic N) is 4. The van der Waals surface area contributed by atoms with Gasteiger partial charge < -0.3 is 39.9 Å². The number of fused-ring (bicyclic) bond motifs is 3. The predicted octanol–water partition coefficient (Wildman–Crippen LogP) is 10.4. The van der Waals surface area contributed by atoms with Crippen LogP contribution in [0.4, 0.5) is 9.59 Å². The summed E-state index contributed by atoms with van der Waals surface area (Å²) in [5.74, 6) is 1.84. The van der Waals surface area contributed by atoms with E-state index < -0.39 is 24.3 Å². The van der Waals surface area contributed by atoms with Crippen molar-refractivity contribution in [2.75, 3.05) is 20.3 Å². The molecule has 14 heteroatoms. The molecule has 4 aromatic carbocycles. The summed E-state index contributed by atoms with van der Waals surface area (Å²) in [7, 11) is 1.31. The van der Waals surface area contributed by atoms with Gasteiger partial charge in [-0.25, -0.2) is 19.6 Å². The topological polar surface area (TPSA) is 175 Å². The first-order chi connectivity index (χ1) is 34.0. The van der Waals surface area contributed by atoms with Gasteiger partial charge in [-0.05, 0) is 120 Å². The lowest BCUT2D eigenvalue weighted by Gasteiger charge is -2.36. The lowest BCUT2D eigenvalue weighted by atomic mass is 9.96. The van der Waals surface area contributed by atoms with Crippen molar-refractivity contribution in [1.29, 1.82) is 0 Å². The number of amides is 4. The Hall–Kier alpha value is -6.96. The Labute approximate surface area is 408 Å². The van der Waals surface area contributed by atoms with Crippen LogP contribution in [0.5, 0.6) is 0 Å². The van der Waals surface area contributed by atoms with Crippen LogP contribution in [-0.4, -0.2) is 86.1 Å². The Bertz CT molecular complexity index is 2900. The molecule has 2 aliphatic heterocycles. The highest BCUT2D eigenvalue weighted by atomic mass is 16.5. The van der Waals surface area contributed by atoms with E-state index in [0.29, 0.717) is 19.1 Å². The first kappa shape index (κ1) is 45.5. The highest BCUT2D eigenvalue weighted by Crippen LogP contribution is 2.58. The number of aromatic nitrogens is 4. The van der Waals surface area contributed by atoms with E-state index in [-0.39, 0.29) is 47.2 Å². The summed E-state index contributed by atoms with van der Waals surface area (Å²) in [6.45, 7) is 4.89. The molecule has 11 rings (SSSR count). The number of piperidine rings is 1. The number of hydrogen-bond acceptors (Lipinski definition) is 8. The molecule has 4 heterocycles. The molecule has 2 aromatic heterocycles. The van der Waals surface area contributed by atoms with Gasteiger partial charge in [0.25, 0.3) is 5.91 Å². The molecule has 4 amide bonds. The summed E-state index contributed by atoms with van der Waals surface area (Å²) in [6.07, 6.45) is 12.9. The number of carbonyl (C=O) groups is 4. The number of imidazole rings is 2. The van der Waals surface area contributed by atoms with E-state index in [4.69, 9.17) is 19.4 Å². The van der Waals surface area contributed by atoms with Gasteiger partial charge in [0.1, 0.15) is 23.7 Å². The maximum Gasteiger partial charge on any atom is 0.408 e. The highest BCUT2D eigenvalue weighted by molar-refractivity contribution is 5.91. The third kappa shape index (κ3) is 8.92. The molecule has 3 saturated carbocycles. The summed E-state index contributed by atoms with van der Waals surface area (Å²) in [4.78, 5) is 74.8. The standard InChI is InChI=1S/C56H62N8O6/c1-33(2)47(61-54(67)69-3)52(65)63-32-56(23-24-56)28-46(63)50-57-30-45(59-50)41-20-19-39-25-38(17-18-40(39)26-41)35-13-15-36(16-14-35)44-29-58-51(60-44)49-42-21-22-43(27-42)64(49)53(66)48(37-11-5-4-6-12-37)62-55(68)70-31-34-9-7-8-10-34/h4-6,11-20,25-26,29-30,33-34,42-43,46-49H,7-10,21-24,27-28,31-32H2,1-3H3,(H,57,59)(H,58,60)(H,61,67)(H,62,68)/t42-,43+,46-,47-,48-,49-/m0/s1. The zero-order valence-electron chi connectivity index (χ0n) is 40.2. The van der Waals surface area contributed by atoms with Crippen LogP contribution >= 0.6 is 0 Å². The lowest BCUT2D eigenvalue weighted by molar-refractivity contribution is -0.138. The van der Waals surface area contributed by atoms with Gasteiger partial charge in [0, 0.05) is 18.2 Å². The van der Waals surface area contributed by atoms with E-state index in [1.54, 1.807) is 0 Å². The SMILES string of the molecule is COC(=O)N[C@H](C(=O)N1CC2(CC2)C[C@H]1c1ncc(-c2ccc3cc(-c4ccc(-c5cnc([C@@H]6[C@H]7CC[C@H](C7)N6C(=O)[C@@H](NC(=O)OCC6CCCC6)c6ccccc6)[nH]5)cc4)ccc3c2)[nH]1)C(C)C. The Morgan fingerprint density at radius 2 is 1.40 bits per heavy atom. The fraction of sp³-hybridized carbons (Fsp3) is 0.429. The number of alkyl carbamates (subject to hydrolysis) is 2. The van der Waals surface area contributed by atoms with Gasteiger partial charge in [-0.1, -0.05) is 106 Å². The lowest BCUT2D eigenvalue weighted by Crippen LogP contribution is -2.51. The highest BCUT2D eigenvalue weighted by Gasteiger charge is 2.55. The molecule has 0 unspecified atom stereocenters. The molecular formula is C56H62N8O6. The van der Waals surface area contributed by atoms with E-state index in [0.717, 1.165) is 113 Å². The molecule has 6 atom stereocenters. The largest absolute Gasteiger partial charge is 0.453 e. The van der Waals surface area contributed by atoms with Gasteiger partial charge in [0.2, 0.25) is 5.91 Å². The monoisotopic (exact) mass is 942 g/mol. The average molecular weight is 943 g/mol. The van der Waals surface area contributed by atoms with E-state index in [9.17, 15) is 19.2 Å². The number of ether oxygens (including phenoxy) is 2. The molecule has 5 fully saturated rings. The molecular weight excluding hydrogens is 881 g/mol. The van der Waals surface area contributed by atoms with Crippen molar-refractivity contribution in [2.45, 2.75) is 108 Å². The Balaban J connectivity index is 0.773. The number of aromatic amines is 2. The minimum Gasteiger partial charge on any atom is -0.453 e. The first-order valence-corrected chi connectivity index (χ1v) is 25.2. The van der Waals surface area contributed by atoms with Gasteiger partial charge in [-0.15, -0.1) is 0 Å². The third-order valence-electron chi connectivity index (χ3n) is 16.0. The molecule has 2 bridgehead atoms. The molecule has 3 aliphatic carbocycles. The molecule has 5 aliphatic rings. The zero-order chi connectivity index (χ0) is 48.1. The molecule has 362 valence electrons. The number of H-pyrrole nitrogens is 2. The van der Waals surface area contributed by atoms with Gasteiger partial charge >= 0.3 is 12.2 Å². The number of likely N-dealkylation sites (tertiary alicyclic amines) is 2. The molecule has 70 heavy (non-hydrogen) atoms. The van der Waals surface area contributed by atoms with Crippen LogP contribution in [0.15, 0.2) is 103 Å². The number of benzene rings is 4. The molecule has 14 nitrogen and oxygen atoms in total. The van der Waals surface area contributed by atoms with Gasteiger partial charge in [0.05, 0.1) is 49.6 Å². The summed E-state index contributed by atoms with van der Waals surface area (Å²) >= 11 is 0. The predicted molar refractivity (Wildman–Crippen MR) is 266 cm³/mol. The summed E-state index contributed by atoms with van der Waals surface area (Å²) in [5, 5.41) is 7.92. The molecule has 0 radical (unpaired) electrons. The second-order valence-corrected chi connectivity index (χ2v) is 20.9. The first-order valence-electron chi connectivity index (χ1n) is 25.2.